The molecule has 1 aromatic rings. The van der Waals surface area contributed by atoms with Gasteiger partial charge < -0.3 is 15.7 Å². The predicted octanol–water partition coefficient (Wildman–Crippen LogP) is 1.53. The van der Waals surface area contributed by atoms with Crippen LogP contribution in [0.25, 0.3) is 0 Å². The molecular weight excluding hydrogens is 232 g/mol. The maximum Gasteiger partial charge on any atom is 0.103 e. The standard InChI is InChI=1S/C13H20N2OS/c1-15(7-2-3-8-16)10-11-5-4-6-12(9-11)13(14)17/h4-6,9,16H,2-3,7-8,10H2,1H3,(H2,14,17). The van der Waals surface area contributed by atoms with E-state index < -0.39 is 0 Å². The normalized spacial score (nSPS) is 10.8. The highest BCUT2D eigenvalue weighted by Gasteiger charge is 2.02. The zero-order valence-corrected chi connectivity index (χ0v) is 11.0. The number of nitrogens with zero attached hydrogens (tertiary/aromatic N) is 1. The Labute approximate surface area is 108 Å². The molecule has 0 amide bonds. The van der Waals surface area contributed by atoms with E-state index in [9.17, 15) is 0 Å². The summed E-state index contributed by atoms with van der Waals surface area (Å²) in [6.45, 7) is 2.13. The first-order valence-corrected chi connectivity index (χ1v) is 6.22. The topological polar surface area (TPSA) is 49.5 Å². The number of unbranched alkanes of at least 4 members (excludes halogenated alkanes) is 1. The van der Waals surface area contributed by atoms with E-state index in [1.54, 1.807) is 0 Å². The van der Waals surface area contributed by atoms with Gasteiger partial charge in [-0.2, -0.15) is 0 Å². The maximum absolute atomic E-state index is 8.72. The lowest BCUT2D eigenvalue weighted by Gasteiger charge is -2.16. The molecule has 3 N–H and O–H groups in total. The van der Waals surface area contributed by atoms with Crippen LogP contribution in [0.5, 0.6) is 0 Å². The molecule has 0 unspecified atom stereocenters. The summed E-state index contributed by atoms with van der Waals surface area (Å²) in [4.78, 5) is 2.67. The summed E-state index contributed by atoms with van der Waals surface area (Å²) in [6, 6.07) is 8.01. The van der Waals surface area contributed by atoms with Crippen molar-refractivity contribution in [2.75, 3.05) is 20.2 Å². The molecule has 4 heteroatoms. The summed E-state index contributed by atoms with van der Waals surface area (Å²) in [5.74, 6) is 0. The molecule has 1 aromatic carbocycles. The second kappa shape index (κ2) is 7.37. The molecule has 0 spiro atoms. The molecule has 0 aliphatic rings. The minimum atomic E-state index is 0.269. The van der Waals surface area contributed by atoms with E-state index in [1.807, 2.05) is 18.2 Å². The van der Waals surface area contributed by atoms with E-state index in [2.05, 4.69) is 18.0 Å². The van der Waals surface area contributed by atoms with Crippen LogP contribution in [0.3, 0.4) is 0 Å². The van der Waals surface area contributed by atoms with Gasteiger partial charge in [0.15, 0.2) is 0 Å². The average molecular weight is 252 g/mol. The lowest BCUT2D eigenvalue weighted by Crippen LogP contribution is -2.19. The van der Waals surface area contributed by atoms with Crippen molar-refractivity contribution in [2.24, 2.45) is 5.73 Å². The van der Waals surface area contributed by atoms with Crippen molar-refractivity contribution in [1.29, 1.82) is 0 Å². The third kappa shape index (κ3) is 5.26. The average Bonchev–Trinajstić information content (AvgIpc) is 2.29. The smallest absolute Gasteiger partial charge is 0.103 e. The Kier molecular flexibility index (Phi) is 6.11. The summed E-state index contributed by atoms with van der Waals surface area (Å²) in [6.07, 6.45) is 1.87. The van der Waals surface area contributed by atoms with Gasteiger partial charge in [-0.15, -0.1) is 0 Å². The highest BCUT2D eigenvalue weighted by atomic mass is 32.1. The third-order valence-corrected chi connectivity index (χ3v) is 2.85. The van der Waals surface area contributed by atoms with E-state index in [0.717, 1.165) is 31.5 Å². The molecule has 0 aliphatic carbocycles. The van der Waals surface area contributed by atoms with Crippen LogP contribution in [-0.4, -0.2) is 35.2 Å². The minimum Gasteiger partial charge on any atom is -0.396 e. The van der Waals surface area contributed by atoms with Crippen LogP contribution in [0.15, 0.2) is 24.3 Å². The van der Waals surface area contributed by atoms with E-state index in [4.69, 9.17) is 23.1 Å². The SMILES string of the molecule is CN(CCCCO)Cc1cccc(C(N)=S)c1. The van der Waals surface area contributed by atoms with Crippen LogP contribution >= 0.6 is 12.2 Å². The van der Waals surface area contributed by atoms with Crippen LogP contribution in [0.1, 0.15) is 24.0 Å². The summed E-state index contributed by atoms with van der Waals surface area (Å²) < 4.78 is 0. The number of thiocarbonyl (C=S) groups is 1. The molecule has 1 rings (SSSR count). The summed E-state index contributed by atoms with van der Waals surface area (Å²) in [5, 5.41) is 8.72. The van der Waals surface area contributed by atoms with Gasteiger partial charge in [0.05, 0.1) is 0 Å². The Morgan fingerprint density at radius 1 is 1.41 bits per heavy atom. The van der Waals surface area contributed by atoms with Crippen molar-refractivity contribution in [2.45, 2.75) is 19.4 Å². The van der Waals surface area contributed by atoms with Crippen LogP contribution in [0.4, 0.5) is 0 Å². The number of aliphatic hydroxyl groups excluding tert-OH is 1. The molecule has 17 heavy (non-hydrogen) atoms. The highest BCUT2D eigenvalue weighted by molar-refractivity contribution is 7.80. The number of hydrogen-bond acceptors (Lipinski definition) is 3. The van der Waals surface area contributed by atoms with Crippen molar-refractivity contribution in [1.82, 2.24) is 4.90 Å². The Morgan fingerprint density at radius 3 is 2.82 bits per heavy atom. The fourth-order valence-corrected chi connectivity index (χ4v) is 1.83. The Bertz CT molecular complexity index is 368. The molecule has 0 aliphatic heterocycles. The van der Waals surface area contributed by atoms with Gasteiger partial charge >= 0.3 is 0 Å². The van der Waals surface area contributed by atoms with Crippen molar-refractivity contribution in [3.8, 4) is 0 Å². The Hall–Kier alpha value is -0.970. The Balaban J connectivity index is 2.50. The summed E-state index contributed by atoms with van der Waals surface area (Å²) >= 11 is 4.96. The molecule has 0 radical (unpaired) electrons. The van der Waals surface area contributed by atoms with Crippen molar-refractivity contribution >= 4 is 17.2 Å². The largest absolute Gasteiger partial charge is 0.396 e. The quantitative estimate of drug-likeness (QED) is 0.571. The molecular formula is C13H20N2OS. The van der Waals surface area contributed by atoms with Crippen LogP contribution in [0, 0.1) is 0 Å². The fraction of sp³-hybridized carbons (Fsp3) is 0.462. The lowest BCUT2D eigenvalue weighted by atomic mass is 10.1. The van der Waals surface area contributed by atoms with Gasteiger partial charge in [0.25, 0.3) is 0 Å². The number of hydrogen-bond donors (Lipinski definition) is 2. The zero-order valence-electron chi connectivity index (χ0n) is 10.2. The number of rotatable bonds is 7. The first-order valence-electron chi connectivity index (χ1n) is 5.81. The van der Waals surface area contributed by atoms with Gasteiger partial charge in [0, 0.05) is 18.7 Å². The molecule has 0 fully saturated rings. The van der Waals surface area contributed by atoms with Gasteiger partial charge in [-0.25, -0.2) is 0 Å². The molecule has 94 valence electrons. The molecule has 0 saturated carbocycles. The van der Waals surface area contributed by atoms with Crippen molar-refractivity contribution in [3.05, 3.63) is 35.4 Å². The van der Waals surface area contributed by atoms with Crippen molar-refractivity contribution in [3.63, 3.8) is 0 Å². The van der Waals surface area contributed by atoms with Crippen molar-refractivity contribution < 1.29 is 5.11 Å². The first-order chi connectivity index (χ1) is 8.13. The zero-order chi connectivity index (χ0) is 12.7. The fourth-order valence-electron chi connectivity index (χ4n) is 1.71. The third-order valence-electron chi connectivity index (χ3n) is 2.61. The lowest BCUT2D eigenvalue weighted by molar-refractivity contribution is 0.261. The summed E-state index contributed by atoms with van der Waals surface area (Å²) in [5.41, 5.74) is 7.73. The molecule has 0 saturated heterocycles. The summed E-state index contributed by atoms with van der Waals surface area (Å²) in [7, 11) is 2.07. The van der Waals surface area contributed by atoms with Gasteiger partial charge in [-0.3, -0.25) is 0 Å². The molecule has 0 atom stereocenters. The van der Waals surface area contributed by atoms with Crippen LogP contribution in [-0.2, 0) is 6.54 Å². The second-order valence-corrected chi connectivity index (χ2v) is 4.67. The second-order valence-electron chi connectivity index (χ2n) is 4.23. The van der Waals surface area contributed by atoms with E-state index >= 15 is 0 Å². The maximum atomic E-state index is 8.72. The number of benzene rings is 1. The first kappa shape index (κ1) is 14.1. The highest BCUT2D eigenvalue weighted by Crippen LogP contribution is 2.08. The van der Waals surface area contributed by atoms with Crippen LogP contribution < -0.4 is 5.73 Å². The molecule has 3 nitrogen and oxygen atoms in total. The van der Waals surface area contributed by atoms with Gasteiger partial charge in [-0.1, -0.05) is 30.4 Å². The number of aliphatic hydroxyl groups is 1. The monoisotopic (exact) mass is 252 g/mol. The van der Waals surface area contributed by atoms with E-state index in [0.29, 0.717) is 4.99 Å². The van der Waals surface area contributed by atoms with E-state index in [1.165, 1.54) is 5.56 Å². The van der Waals surface area contributed by atoms with Crippen LogP contribution in [0.2, 0.25) is 0 Å². The number of nitrogens with two attached hydrogens (primary N) is 1. The van der Waals surface area contributed by atoms with E-state index in [-0.39, 0.29) is 6.61 Å². The molecule has 0 heterocycles. The Morgan fingerprint density at radius 2 is 2.18 bits per heavy atom. The molecule has 0 aromatic heterocycles. The minimum absolute atomic E-state index is 0.269. The van der Waals surface area contributed by atoms with Gasteiger partial charge in [0.1, 0.15) is 4.99 Å². The van der Waals surface area contributed by atoms with Gasteiger partial charge in [0.2, 0.25) is 0 Å². The molecule has 0 bridgehead atoms. The van der Waals surface area contributed by atoms with Gasteiger partial charge in [-0.05, 0) is 38.1 Å². The predicted molar refractivity (Wildman–Crippen MR) is 75.0 cm³/mol.